The number of aryl methyl sites for hydroxylation is 1. The number of benzene rings is 1. The van der Waals surface area contributed by atoms with Crippen molar-refractivity contribution in [3.8, 4) is 0 Å². The zero-order valence-corrected chi connectivity index (χ0v) is 15.4. The minimum Gasteiger partial charge on any atom is -0.367 e. The Kier molecular flexibility index (Phi) is 5.41. The van der Waals surface area contributed by atoms with Gasteiger partial charge in [-0.1, -0.05) is 19.1 Å². The third-order valence-corrected chi connectivity index (χ3v) is 5.83. The van der Waals surface area contributed by atoms with Crippen molar-refractivity contribution in [2.45, 2.75) is 18.2 Å². The number of aromatic nitrogens is 1. The van der Waals surface area contributed by atoms with Crippen LogP contribution in [0.4, 0.5) is 11.5 Å². The summed E-state index contributed by atoms with van der Waals surface area (Å²) in [5, 5.41) is 0. The van der Waals surface area contributed by atoms with Gasteiger partial charge in [-0.3, -0.25) is 9.52 Å². The molecular weight excluding hydrogens is 352 g/mol. The summed E-state index contributed by atoms with van der Waals surface area (Å²) in [6.45, 7) is 4.83. The maximum atomic E-state index is 12.5. The lowest BCUT2D eigenvalue weighted by Gasteiger charge is -2.33. The highest BCUT2D eigenvalue weighted by molar-refractivity contribution is 7.92. The monoisotopic (exact) mass is 374 g/mol. The Hall–Kier alpha value is -2.61. The highest BCUT2D eigenvalue weighted by atomic mass is 32.2. The van der Waals surface area contributed by atoms with Crippen LogP contribution in [0.3, 0.4) is 0 Å². The summed E-state index contributed by atoms with van der Waals surface area (Å²) in [5.41, 5.74) is 1.99. The third-order valence-electron chi connectivity index (χ3n) is 4.46. The first-order chi connectivity index (χ1) is 12.5. The summed E-state index contributed by atoms with van der Waals surface area (Å²) in [5.74, 6) is 0.278. The Morgan fingerprint density at radius 1 is 1.08 bits per heavy atom. The molecule has 0 unspecified atom stereocenters. The van der Waals surface area contributed by atoms with E-state index in [1.54, 1.807) is 29.3 Å². The largest absolute Gasteiger partial charge is 0.367 e. The minimum absolute atomic E-state index is 0.213. The predicted octanol–water partition coefficient (Wildman–Crippen LogP) is 1.72. The molecule has 0 saturated carbocycles. The van der Waals surface area contributed by atoms with Crippen molar-refractivity contribution in [2.24, 2.45) is 0 Å². The van der Waals surface area contributed by atoms with Crippen LogP contribution in [-0.4, -0.2) is 50.9 Å². The first-order valence-corrected chi connectivity index (χ1v) is 10.0. The highest BCUT2D eigenvalue weighted by Crippen LogP contribution is 2.19. The fraction of sp³-hybridized carbons (Fsp3) is 0.333. The van der Waals surface area contributed by atoms with E-state index in [1.807, 2.05) is 25.1 Å². The fourth-order valence-corrected chi connectivity index (χ4v) is 3.83. The van der Waals surface area contributed by atoms with Gasteiger partial charge < -0.3 is 9.80 Å². The van der Waals surface area contributed by atoms with Crippen LogP contribution >= 0.6 is 0 Å². The summed E-state index contributed by atoms with van der Waals surface area (Å²) >= 11 is 0. The van der Waals surface area contributed by atoms with Crippen molar-refractivity contribution in [3.63, 3.8) is 0 Å². The van der Waals surface area contributed by atoms with Crippen molar-refractivity contribution in [3.05, 3.63) is 48.2 Å². The fourth-order valence-electron chi connectivity index (χ4n) is 2.82. The number of carbonyl (C=O) groups excluding carboxylic acids is 1. The number of amides is 1. The molecule has 0 aliphatic carbocycles. The Balaban J connectivity index is 1.67. The lowest BCUT2D eigenvalue weighted by Crippen LogP contribution is -2.45. The van der Waals surface area contributed by atoms with Crippen molar-refractivity contribution in [2.75, 3.05) is 35.8 Å². The van der Waals surface area contributed by atoms with Gasteiger partial charge in [0.1, 0.15) is 5.82 Å². The number of hydrogen-bond donors (Lipinski definition) is 1. The number of nitrogens with one attached hydrogen (secondary N) is 1. The van der Waals surface area contributed by atoms with Gasteiger partial charge in [0, 0.05) is 26.2 Å². The number of rotatable bonds is 6. The van der Waals surface area contributed by atoms with E-state index in [1.165, 1.54) is 0 Å². The number of carbonyl (C=O) groups is 1. The molecule has 1 aliphatic rings. The molecule has 1 aromatic carbocycles. The first kappa shape index (κ1) is 18.2. The van der Waals surface area contributed by atoms with Crippen LogP contribution in [0, 0.1) is 0 Å². The SMILES string of the molecule is CCc1ccc(S(=O)(=O)Nc2ccc(N3CCN(C=O)CC3)cn2)cc1. The first-order valence-electron chi connectivity index (χ1n) is 8.54. The Bertz CT molecular complexity index is 843. The minimum atomic E-state index is -3.66. The second kappa shape index (κ2) is 7.74. The quantitative estimate of drug-likeness (QED) is 0.779. The molecule has 0 atom stereocenters. The van der Waals surface area contributed by atoms with Crippen LogP contribution in [0.5, 0.6) is 0 Å². The van der Waals surface area contributed by atoms with Crippen molar-refractivity contribution >= 4 is 27.9 Å². The van der Waals surface area contributed by atoms with Crippen LogP contribution in [0.1, 0.15) is 12.5 Å². The molecule has 1 saturated heterocycles. The van der Waals surface area contributed by atoms with E-state index in [0.29, 0.717) is 13.1 Å². The molecule has 1 fully saturated rings. The molecule has 0 spiro atoms. The molecule has 1 aliphatic heterocycles. The summed E-state index contributed by atoms with van der Waals surface area (Å²) in [4.78, 5) is 19.1. The topological polar surface area (TPSA) is 82.6 Å². The smallest absolute Gasteiger partial charge is 0.263 e. The molecular formula is C18H22N4O3S. The number of pyridine rings is 1. The number of nitrogens with zero attached hydrogens (tertiary/aromatic N) is 3. The van der Waals surface area contributed by atoms with Gasteiger partial charge in [0.15, 0.2) is 0 Å². The Morgan fingerprint density at radius 2 is 1.77 bits per heavy atom. The van der Waals surface area contributed by atoms with Gasteiger partial charge >= 0.3 is 0 Å². The molecule has 0 bridgehead atoms. The molecule has 26 heavy (non-hydrogen) atoms. The van der Waals surface area contributed by atoms with Crippen LogP contribution in [0.2, 0.25) is 0 Å². The van der Waals surface area contributed by atoms with Crippen LogP contribution < -0.4 is 9.62 Å². The Labute approximate surface area is 153 Å². The highest BCUT2D eigenvalue weighted by Gasteiger charge is 2.17. The van der Waals surface area contributed by atoms with E-state index >= 15 is 0 Å². The molecule has 2 aromatic rings. The van der Waals surface area contributed by atoms with Gasteiger partial charge in [0.2, 0.25) is 6.41 Å². The molecule has 3 rings (SSSR count). The van der Waals surface area contributed by atoms with Gasteiger partial charge in [0.05, 0.1) is 16.8 Å². The van der Waals surface area contributed by atoms with Crippen molar-refractivity contribution in [1.29, 1.82) is 0 Å². The van der Waals surface area contributed by atoms with Gasteiger partial charge in [-0.2, -0.15) is 0 Å². The van der Waals surface area contributed by atoms with E-state index in [-0.39, 0.29) is 10.7 Å². The molecule has 1 aromatic heterocycles. The second-order valence-electron chi connectivity index (χ2n) is 6.13. The molecule has 1 amide bonds. The maximum Gasteiger partial charge on any atom is 0.263 e. The number of anilines is 2. The predicted molar refractivity (Wildman–Crippen MR) is 101 cm³/mol. The standard InChI is InChI=1S/C18H22N4O3S/c1-2-15-3-6-17(7-4-15)26(24,25)20-18-8-5-16(13-19-18)22-11-9-21(14-23)10-12-22/h3-8,13-14H,2,9-12H2,1H3,(H,19,20). The van der Waals surface area contributed by atoms with Crippen LogP contribution in [-0.2, 0) is 21.2 Å². The van der Waals surface area contributed by atoms with E-state index in [0.717, 1.165) is 37.2 Å². The second-order valence-corrected chi connectivity index (χ2v) is 7.82. The number of hydrogen-bond acceptors (Lipinski definition) is 5. The third kappa shape index (κ3) is 4.13. The van der Waals surface area contributed by atoms with Gasteiger partial charge in [-0.05, 0) is 36.2 Å². The molecule has 0 radical (unpaired) electrons. The van der Waals surface area contributed by atoms with E-state index < -0.39 is 10.0 Å². The lowest BCUT2D eigenvalue weighted by atomic mass is 10.2. The van der Waals surface area contributed by atoms with Crippen LogP contribution in [0.25, 0.3) is 0 Å². The van der Waals surface area contributed by atoms with Crippen molar-refractivity contribution in [1.82, 2.24) is 9.88 Å². The summed E-state index contributed by atoms with van der Waals surface area (Å²) in [6.07, 6.45) is 3.37. The van der Waals surface area contributed by atoms with Crippen molar-refractivity contribution < 1.29 is 13.2 Å². The zero-order chi connectivity index (χ0) is 18.6. The summed E-state index contributed by atoms with van der Waals surface area (Å²) in [7, 11) is -3.66. The molecule has 7 nitrogen and oxygen atoms in total. The van der Waals surface area contributed by atoms with Crippen LogP contribution in [0.15, 0.2) is 47.5 Å². The average molecular weight is 374 g/mol. The Morgan fingerprint density at radius 3 is 2.31 bits per heavy atom. The molecule has 138 valence electrons. The zero-order valence-electron chi connectivity index (χ0n) is 14.6. The van der Waals surface area contributed by atoms with E-state index in [2.05, 4.69) is 14.6 Å². The normalized spacial score (nSPS) is 15.0. The van der Waals surface area contributed by atoms with E-state index in [9.17, 15) is 13.2 Å². The average Bonchev–Trinajstić information content (AvgIpc) is 2.68. The lowest BCUT2D eigenvalue weighted by molar-refractivity contribution is -0.118. The van der Waals surface area contributed by atoms with E-state index in [4.69, 9.17) is 0 Å². The summed E-state index contributed by atoms with van der Waals surface area (Å²) in [6, 6.07) is 10.3. The molecule has 1 N–H and O–H groups in total. The number of sulfonamides is 1. The summed E-state index contributed by atoms with van der Waals surface area (Å²) < 4.78 is 27.4. The van der Waals surface area contributed by atoms with Gasteiger partial charge in [-0.15, -0.1) is 0 Å². The maximum absolute atomic E-state index is 12.5. The molecule has 2 heterocycles. The van der Waals surface area contributed by atoms with Gasteiger partial charge in [0.25, 0.3) is 10.0 Å². The molecule has 8 heteroatoms. The number of piperazine rings is 1. The van der Waals surface area contributed by atoms with Gasteiger partial charge in [-0.25, -0.2) is 13.4 Å².